The molecule has 7 nitrogen and oxygen atoms in total. The Morgan fingerprint density at radius 2 is 1.90 bits per heavy atom. The average Bonchev–Trinajstić information content (AvgIpc) is 3.15. The number of hydrogen-bond donors (Lipinski definition) is 0. The van der Waals surface area contributed by atoms with Crippen molar-refractivity contribution < 1.29 is 22.7 Å². The number of carbonyl (C=O) groups is 1. The summed E-state index contributed by atoms with van der Waals surface area (Å²) in [7, 11) is -3.48. The van der Waals surface area contributed by atoms with Crippen molar-refractivity contribution in [2.24, 2.45) is 0 Å². The standard InChI is InChI=1S/C19H21ClN2O5S2/c20-15-11-14(12-16-19(15)27-9-2-8-26-16)13-17(23)21-4-6-22(7-5-21)29(24,25)18-3-1-10-28-18/h1,3,10-12H,2,4-9,13H2. The second-order valence-corrected chi connectivity index (χ2v) is 10.4. The van der Waals surface area contributed by atoms with Gasteiger partial charge >= 0.3 is 0 Å². The van der Waals surface area contributed by atoms with Gasteiger partial charge in [0.1, 0.15) is 4.21 Å². The van der Waals surface area contributed by atoms with Gasteiger partial charge in [-0.2, -0.15) is 4.31 Å². The molecule has 1 saturated heterocycles. The number of sulfonamides is 1. The van der Waals surface area contributed by atoms with Gasteiger partial charge in [-0.3, -0.25) is 4.79 Å². The first kappa shape index (κ1) is 20.5. The number of hydrogen-bond acceptors (Lipinski definition) is 6. The summed E-state index contributed by atoms with van der Waals surface area (Å²) in [6.45, 7) is 2.39. The van der Waals surface area contributed by atoms with Crippen molar-refractivity contribution in [3.05, 3.63) is 40.2 Å². The summed E-state index contributed by atoms with van der Waals surface area (Å²) in [5.41, 5.74) is 0.748. The van der Waals surface area contributed by atoms with Gasteiger partial charge < -0.3 is 14.4 Å². The van der Waals surface area contributed by atoms with Crippen LogP contribution in [-0.4, -0.2) is 62.9 Å². The fourth-order valence-corrected chi connectivity index (χ4v) is 6.24. The Morgan fingerprint density at radius 3 is 2.62 bits per heavy atom. The van der Waals surface area contributed by atoms with E-state index in [9.17, 15) is 13.2 Å². The van der Waals surface area contributed by atoms with Crippen molar-refractivity contribution in [3.63, 3.8) is 0 Å². The van der Waals surface area contributed by atoms with Crippen LogP contribution in [0.1, 0.15) is 12.0 Å². The van der Waals surface area contributed by atoms with Gasteiger partial charge in [-0.25, -0.2) is 8.42 Å². The van der Waals surface area contributed by atoms with Crippen LogP contribution in [0.4, 0.5) is 0 Å². The normalized spacial score (nSPS) is 17.8. The van der Waals surface area contributed by atoms with Crippen LogP contribution in [0.3, 0.4) is 0 Å². The lowest BCUT2D eigenvalue weighted by atomic mass is 10.1. The van der Waals surface area contributed by atoms with Crippen LogP contribution in [-0.2, 0) is 21.2 Å². The quantitative estimate of drug-likeness (QED) is 0.706. The van der Waals surface area contributed by atoms with Gasteiger partial charge in [-0.05, 0) is 29.1 Å². The van der Waals surface area contributed by atoms with E-state index in [0.717, 1.165) is 12.0 Å². The molecule has 0 aliphatic carbocycles. The van der Waals surface area contributed by atoms with E-state index in [4.69, 9.17) is 21.1 Å². The molecule has 0 unspecified atom stereocenters. The molecule has 29 heavy (non-hydrogen) atoms. The minimum atomic E-state index is -3.48. The van der Waals surface area contributed by atoms with Gasteiger partial charge in [0.05, 0.1) is 24.7 Å². The van der Waals surface area contributed by atoms with Crippen molar-refractivity contribution in [2.75, 3.05) is 39.4 Å². The summed E-state index contributed by atoms with van der Waals surface area (Å²) in [6, 6.07) is 6.84. The van der Waals surface area contributed by atoms with E-state index >= 15 is 0 Å². The lowest BCUT2D eigenvalue weighted by Gasteiger charge is -2.33. The predicted molar refractivity (Wildman–Crippen MR) is 110 cm³/mol. The van der Waals surface area contributed by atoms with Crippen molar-refractivity contribution in [1.29, 1.82) is 0 Å². The Labute approximate surface area is 178 Å². The Morgan fingerprint density at radius 1 is 1.14 bits per heavy atom. The average molecular weight is 457 g/mol. The maximum absolute atomic E-state index is 12.7. The number of carbonyl (C=O) groups excluding carboxylic acids is 1. The molecule has 156 valence electrons. The number of piperazine rings is 1. The van der Waals surface area contributed by atoms with Gasteiger partial charge in [-0.15, -0.1) is 11.3 Å². The molecule has 0 radical (unpaired) electrons. The number of ether oxygens (including phenoxy) is 2. The number of thiophene rings is 1. The minimum Gasteiger partial charge on any atom is -0.489 e. The topological polar surface area (TPSA) is 76.2 Å². The molecule has 2 aromatic rings. The molecule has 4 rings (SSSR count). The second kappa shape index (κ2) is 8.51. The summed E-state index contributed by atoms with van der Waals surface area (Å²) >= 11 is 7.51. The van der Waals surface area contributed by atoms with E-state index in [0.29, 0.717) is 47.0 Å². The van der Waals surface area contributed by atoms with Crippen LogP contribution in [0, 0.1) is 0 Å². The highest BCUT2D eigenvalue weighted by Gasteiger charge is 2.30. The molecule has 0 N–H and O–H groups in total. The monoisotopic (exact) mass is 456 g/mol. The Balaban J connectivity index is 1.39. The van der Waals surface area contributed by atoms with E-state index < -0.39 is 10.0 Å². The number of nitrogens with zero attached hydrogens (tertiary/aromatic N) is 2. The number of benzene rings is 1. The highest BCUT2D eigenvalue weighted by molar-refractivity contribution is 7.91. The maximum Gasteiger partial charge on any atom is 0.252 e. The summed E-state index contributed by atoms with van der Waals surface area (Å²) in [5.74, 6) is 1.01. The highest BCUT2D eigenvalue weighted by Crippen LogP contribution is 2.38. The fourth-order valence-electron chi connectivity index (χ4n) is 3.39. The highest BCUT2D eigenvalue weighted by atomic mass is 35.5. The Bertz CT molecular complexity index is 986. The predicted octanol–water partition coefficient (Wildman–Crippen LogP) is 2.64. The summed E-state index contributed by atoms with van der Waals surface area (Å²) in [6.07, 6.45) is 0.950. The van der Waals surface area contributed by atoms with E-state index in [1.165, 1.54) is 15.6 Å². The number of fused-ring (bicyclic) bond motifs is 1. The van der Waals surface area contributed by atoms with Crippen molar-refractivity contribution in [3.8, 4) is 11.5 Å². The van der Waals surface area contributed by atoms with Crippen LogP contribution in [0.2, 0.25) is 5.02 Å². The first-order valence-corrected chi connectivity index (χ1v) is 12.0. The summed E-state index contributed by atoms with van der Waals surface area (Å²) in [4.78, 5) is 14.4. The molecular formula is C19H21ClN2O5S2. The van der Waals surface area contributed by atoms with Crippen molar-refractivity contribution >= 4 is 38.9 Å². The number of rotatable bonds is 4. The third-order valence-corrected chi connectivity index (χ3v) is 8.45. The van der Waals surface area contributed by atoms with E-state index in [2.05, 4.69) is 0 Å². The molecule has 1 fully saturated rings. The zero-order valence-corrected chi connectivity index (χ0v) is 18.1. The van der Waals surface area contributed by atoms with Gasteiger partial charge in [0.2, 0.25) is 5.91 Å². The molecule has 10 heteroatoms. The lowest BCUT2D eigenvalue weighted by Crippen LogP contribution is -2.50. The summed E-state index contributed by atoms with van der Waals surface area (Å²) < 4.78 is 38.3. The molecule has 3 heterocycles. The first-order valence-electron chi connectivity index (χ1n) is 9.34. The number of amides is 1. The molecule has 2 aliphatic rings. The first-order chi connectivity index (χ1) is 13.9. The van der Waals surface area contributed by atoms with E-state index in [-0.39, 0.29) is 25.4 Å². The summed E-state index contributed by atoms with van der Waals surface area (Å²) in [5, 5.41) is 2.17. The van der Waals surface area contributed by atoms with Crippen LogP contribution < -0.4 is 9.47 Å². The largest absolute Gasteiger partial charge is 0.489 e. The minimum absolute atomic E-state index is 0.0660. The SMILES string of the molecule is O=C(Cc1cc(Cl)c2c(c1)OCCCO2)N1CCN(S(=O)(=O)c2cccs2)CC1. The molecule has 0 atom stereocenters. The zero-order valence-electron chi connectivity index (χ0n) is 15.7. The van der Waals surface area contributed by atoms with Crippen LogP contribution in [0.5, 0.6) is 11.5 Å². The van der Waals surface area contributed by atoms with Gasteiger partial charge in [-0.1, -0.05) is 17.7 Å². The van der Waals surface area contributed by atoms with Crippen LogP contribution in [0.25, 0.3) is 0 Å². The molecule has 1 amide bonds. The second-order valence-electron chi connectivity index (χ2n) is 6.85. The molecule has 1 aromatic carbocycles. The Hall–Kier alpha value is -1.81. The molecule has 0 bridgehead atoms. The van der Waals surface area contributed by atoms with Crippen molar-refractivity contribution in [2.45, 2.75) is 17.1 Å². The van der Waals surface area contributed by atoms with Crippen molar-refractivity contribution in [1.82, 2.24) is 9.21 Å². The molecule has 0 saturated carbocycles. The lowest BCUT2D eigenvalue weighted by molar-refractivity contribution is -0.131. The molecule has 1 aromatic heterocycles. The molecule has 0 spiro atoms. The fraction of sp³-hybridized carbons (Fsp3) is 0.421. The van der Waals surface area contributed by atoms with Crippen LogP contribution in [0.15, 0.2) is 33.9 Å². The third kappa shape index (κ3) is 4.37. The Kier molecular flexibility index (Phi) is 6.00. The zero-order chi connectivity index (χ0) is 20.4. The van der Waals surface area contributed by atoms with Gasteiger partial charge in [0, 0.05) is 32.6 Å². The van der Waals surface area contributed by atoms with Crippen LogP contribution >= 0.6 is 22.9 Å². The van der Waals surface area contributed by atoms with E-state index in [1.54, 1.807) is 34.5 Å². The number of halogens is 1. The van der Waals surface area contributed by atoms with E-state index in [1.807, 2.05) is 0 Å². The molecule has 2 aliphatic heterocycles. The maximum atomic E-state index is 12.7. The third-order valence-electron chi connectivity index (χ3n) is 4.90. The smallest absolute Gasteiger partial charge is 0.252 e. The molecular weight excluding hydrogens is 436 g/mol. The van der Waals surface area contributed by atoms with Gasteiger partial charge in [0.25, 0.3) is 10.0 Å². The van der Waals surface area contributed by atoms with Gasteiger partial charge in [0.15, 0.2) is 11.5 Å².